The zero-order chi connectivity index (χ0) is 9.23. The second-order valence-corrected chi connectivity index (χ2v) is 2.57. The quantitative estimate of drug-likeness (QED) is 0.431. The van der Waals surface area contributed by atoms with Crippen LogP contribution in [0.15, 0.2) is 0 Å². The number of esters is 1. The molecule has 0 aliphatic heterocycles. The Morgan fingerprint density at radius 3 is 2.75 bits per heavy atom. The van der Waals surface area contributed by atoms with E-state index < -0.39 is 0 Å². The minimum Gasteiger partial charge on any atom is -0.466 e. The lowest BCUT2D eigenvalue weighted by molar-refractivity contribution is -0.143. The Labute approximate surface area is 73.1 Å². The molecular formula is C9H15O3. The Balaban J connectivity index is 3.13. The standard InChI is InChI=1S/C9H15O3/c1-2-3-4-8-12-9(11)6-5-7-10/h2-6,8H2,1H3. The highest BCUT2D eigenvalue weighted by molar-refractivity contribution is 5.72. The van der Waals surface area contributed by atoms with Crippen molar-refractivity contribution in [2.24, 2.45) is 0 Å². The second kappa shape index (κ2) is 8.24. The number of carbonyl (C=O) groups is 1. The van der Waals surface area contributed by atoms with E-state index in [0.717, 1.165) is 19.3 Å². The van der Waals surface area contributed by atoms with Crippen LogP contribution in [-0.2, 0) is 14.3 Å². The van der Waals surface area contributed by atoms with E-state index in [1.54, 1.807) is 6.29 Å². The summed E-state index contributed by atoms with van der Waals surface area (Å²) >= 11 is 0. The molecule has 0 aliphatic rings. The molecule has 12 heavy (non-hydrogen) atoms. The van der Waals surface area contributed by atoms with E-state index in [0.29, 0.717) is 6.61 Å². The van der Waals surface area contributed by atoms with Crippen molar-refractivity contribution in [1.29, 1.82) is 0 Å². The van der Waals surface area contributed by atoms with E-state index in [1.165, 1.54) is 0 Å². The molecule has 3 nitrogen and oxygen atoms in total. The maximum atomic E-state index is 10.8. The average Bonchev–Trinajstić information content (AvgIpc) is 2.09. The highest BCUT2D eigenvalue weighted by Gasteiger charge is 2.00. The fourth-order valence-electron chi connectivity index (χ4n) is 0.763. The van der Waals surface area contributed by atoms with Gasteiger partial charge in [-0.15, -0.1) is 0 Å². The summed E-state index contributed by atoms with van der Waals surface area (Å²) in [7, 11) is 0. The molecule has 0 aromatic heterocycles. The van der Waals surface area contributed by atoms with Crippen molar-refractivity contribution in [3.63, 3.8) is 0 Å². The van der Waals surface area contributed by atoms with E-state index in [-0.39, 0.29) is 18.8 Å². The van der Waals surface area contributed by atoms with Crippen LogP contribution in [0.4, 0.5) is 0 Å². The molecule has 0 heterocycles. The minimum atomic E-state index is -0.297. The van der Waals surface area contributed by atoms with Gasteiger partial charge in [0, 0.05) is 6.42 Å². The molecule has 0 fully saturated rings. The van der Waals surface area contributed by atoms with Gasteiger partial charge in [0.05, 0.1) is 13.0 Å². The Morgan fingerprint density at radius 1 is 1.42 bits per heavy atom. The molecule has 3 heteroatoms. The Hall–Kier alpha value is -0.860. The van der Waals surface area contributed by atoms with E-state index in [1.807, 2.05) is 0 Å². The van der Waals surface area contributed by atoms with Crippen molar-refractivity contribution in [3.05, 3.63) is 0 Å². The largest absolute Gasteiger partial charge is 0.466 e. The van der Waals surface area contributed by atoms with Crippen molar-refractivity contribution in [3.8, 4) is 0 Å². The Kier molecular flexibility index (Phi) is 7.65. The van der Waals surface area contributed by atoms with Crippen LogP contribution in [0.1, 0.15) is 39.0 Å². The molecule has 0 N–H and O–H groups in total. The van der Waals surface area contributed by atoms with Gasteiger partial charge in [-0.2, -0.15) is 0 Å². The normalized spacial score (nSPS) is 9.42. The van der Waals surface area contributed by atoms with Crippen molar-refractivity contribution in [1.82, 2.24) is 0 Å². The summed E-state index contributed by atoms with van der Waals surface area (Å²) in [5, 5.41) is 0. The lowest BCUT2D eigenvalue weighted by Gasteiger charge is -2.01. The monoisotopic (exact) mass is 171 g/mol. The van der Waals surface area contributed by atoms with Crippen LogP contribution in [0.3, 0.4) is 0 Å². The van der Waals surface area contributed by atoms with Gasteiger partial charge in [-0.3, -0.25) is 9.59 Å². The summed E-state index contributed by atoms with van der Waals surface area (Å²) in [5.41, 5.74) is 0. The lowest BCUT2D eigenvalue weighted by Crippen LogP contribution is -2.05. The topological polar surface area (TPSA) is 43.4 Å². The molecule has 0 atom stereocenters. The SMILES string of the molecule is CCCCCOC(=O)CC[C]=O. The van der Waals surface area contributed by atoms with Crippen molar-refractivity contribution >= 4 is 12.3 Å². The fraction of sp³-hybridized carbons (Fsp3) is 0.778. The maximum absolute atomic E-state index is 10.8. The molecule has 0 spiro atoms. The van der Waals surface area contributed by atoms with Gasteiger partial charge in [-0.1, -0.05) is 19.8 Å². The van der Waals surface area contributed by atoms with Crippen LogP contribution in [-0.4, -0.2) is 18.9 Å². The van der Waals surface area contributed by atoms with E-state index in [9.17, 15) is 9.59 Å². The third kappa shape index (κ3) is 7.25. The molecule has 0 unspecified atom stereocenters. The first-order chi connectivity index (χ1) is 5.81. The van der Waals surface area contributed by atoms with Gasteiger partial charge in [0.15, 0.2) is 6.29 Å². The highest BCUT2D eigenvalue weighted by Crippen LogP contribution is 1.96. The molecule has 0 aromatic carbocycles. The van der Waals surface area contributed by atoms with E-state index >= 15 is 0 Å². The first-order valence-electron chi connectivity index (χ1n) is 4.32. The lowest BCUT2D eigenvalue weighted by atomic mass is 10.3. The van der Waals surface area contributed by atoms with Gasteiger partial charge in [0.1, 0.15) is 0 Å². The predicted octanol–water partition coefficient (Wildman–Crippen LogP) is 1.61. The molecule has 69 valence electrons. The number of rotatable bonds is 7. The van der Waals surface area contributed by atoms with Crippen LogP contribution in [0.2, 0.25) is 0 Å². The summed E-state index contributed by atoms with van der Waals surface area (Å²) in [6.07, 6.45) is 5.05. The fourth-order valence-corrected chi connectivity index (χ4v) is 0.763. The predicted molar refractivity (Wildman–Crippen MR) is 45.4 cm³/mol. The summed E-state index contributed by atoms with van der Waals surface area (Å²) in [4.78, 5) is 20.5. The zero-order valence-electron chi connectivity index (χ0n) is 7.47. The van der Waals surface area contributed by atoms with Crippen molar-refractivity contribution < 1.29 is 14.3 Å². The van der Waals surface area contributed by atoms with Crippen molar-refractivity contribution in [2.75, 3.05) is 6.61 Å². The highest BCUT2D eigenvalue weighted by atomic mass is 16.5. The summed E-state index contributed by atoms with van der Waals surface area (Å²) < 4.78 is 4.83. The smallest absolute Gasteiger partial charge is 0.306 e. The summed E-state index contributed by atoms with van der Waals surface area (Å²) in [5.74, 6) is -0.297. The first kappa shape index (κ1) is 11.1. The molecule has 1 radical (unpaired) electrons. The zero-order valence-corrected chi connectivity index (χ0v) is 7.47. The second-order valence-electron chi connectivity index (χ2n) is 2.57. The number of hydrogen-bond donors (Lipinski definition) is 0. The average molecular weight is 171 g/mol. The number of unbranched alkanes of at least 4 members (excludes halogenated alkanes) is 2. The van der Waals surface area contributed by atoms with Crippen LogP contribution in [0.25, 0.3) is 0 Å². The van der Waals surface area contributed by atoms with Gasteiger partial charge >= 0.3 is 5.97 Å². The molecule has 0 amide bonds. The van der Waals surface area contributed by atoms with Gasteiger partial charge in [0.25, 0.3) is 0 Å². The number of ether oxygens (including phenoxy) is 1. The van der Waals surface area contributed by atoms with E-state index in [4.69, 9.17) is 4.74 Å². The minimum absolute atomic E-state index is 0.145. The van der Waals surface area contributed by atoms with Gasteiger partial charge in [-0.05, 0) is 6.42 Å². The van der Waals surface area contributed by atoms with Gasteiger partial charge in [0.2, 0.25) is 0 Å². The third-order valence-corrected chi connectivity index (χ3v) is 1.44. The summed E-state index contributed by atoms with van der Waals surface area (Å²) in [6.45, 7) is 2.56. The summed E-state index contributed by atoms with van der Waals surface area (Å²) in [6, 6.07) is 0. The molecule has 0 saturated carbocycles. The van der Waals surface area contributed by atoms with E-state index in [2.05, 4.69) is 6.92 Å². The molecule has 0 aliphatic carbocycles. The molecule has 0 bridgehead atoms. The van der Waals surface area contributed by atoms with Crippen LogP contribution in [0, 0.1) is 0 Å². The maximum Gasteiger partial charge on any atom is 0.306 e. The molecular weight excluding hydrogens is 156 g/mol. The first-order valence-corrected chi connectivity index (χ1v) is 4.32. The molecule has 0 rings (SSSR count). The van der Waals surface area contributed by atoms with Gasteiger partial charge in [-0.25, -0.2) is 0 Å². The molecule has 0 aromatic rings. The van der Waals surface area contributed by atoms with Crippen LogP contribution >= 0.6 is 0 Å². The van der Waals surface area contributed by atoms with Crippen LogP contribution in [0.5, 0.6) is 0 Å². The third-order valence-electron chi connectivity index (χ3n) is 1.44. The molecule has 0 saturated heterocycles. The Morgan fingerprint density at radius 2 is 2.17 bits per heavy atom. The number of hydrogen-bond acceptors (Lipinski definition) is 3. The van der Waals surface area contributed by atoms with Crippen LogP contribution < -0.4 is 0 Å². The number of carbonyl (C=O) groups excluding carboxylic acids is 2. The van der Waals surface area contributed by atoms with Gasteiger partial charge < -0.3 is 4.74 Å². The Bertz CT molecular complexity index is 132. The van der Waals surface area contributed by atoms with Crippen molar-refractivity contribution in [2.45, 2.75) is 39.0 Å².